The van der Waals surface area contributed by atoms with Crippen LogP contribution < -0.4 is 11.5 Å². The van der Waals surface area contributed by atoms with Crippen LogP contribution in [0.1, 0.15) is 5.56 Å². The maximum atomic E-state index is 11.1. The van der Waals surface area contributed by atoms with Crippen molar-refractivity contribution in [2.75, 3.05) is 6.54 Å². The van der Waals surface area contributed by atoms with Crippen molar-refractivity contribution in [1.29, 1.82) is 0 Å². The van der Waals surface area contributed by atoms with Crippen LogP contribution in [0.3, 0.4) is 0 Å². The van der Waals surface area contributed by atoms with E-state index < -0.39 is 12.2 Å². The summed E-state index contributed by atoms with van der Waals surface area (Å²) < 4.78 is 4.75. The molecule has 4 nitrogen and oxygen atoms in total. The van der Waals surface area contributed by atoms with Crippen LogP contribution in [0.25, 0.3) is 6.08 Å². The van der Waals surface area contributed by atoms with E-state index in [1.54, 1.807) is 6.08 Å². The molecule has 4 heteroatoms. The molecule has 0 aliphatic rings. The Morgan fingerprint density at radius 1 is 1.40 bits per heavy atom. The van der Waals surface area contributed by atoms with Gasteiger partial charge in [0.15, 0.2) is 6.23 Å². The predicted octanol–water partition coefficient (Wildman–Crippen LogP) is 0.486. The molecular formula is C11H14N2O2. The molecule has 0 heterocycles. The van der Waals surface area contributed by atoms with Crippen molar-refractivity contribution < 1.29 is 9.53 Å². The summed E-state index contributed by atoms with van der Waals surface area (Å²) >= 11 is 0. The molecule has 0 bridgehead atoms. The summed E-state index contributed by atoms with van der Waals surface area (Å²) in [6.07, 6.45) is 2.24. The third-order valence-electron chi connectivity index (χ3n) is 1.71. The molecule has 0 radical (unpaired) electrons. The molecule has 0 saturated carbocycles. The lowest BCUT2D eigenvalue weighted by molar-refractivity contribution is -0.142. The van der Waals surface area contributed by atoms with Crippen molar-refractivity contribution in [2.45, 2.75) is 6.23 Å². The van der Waals surface area contributed by atoms with E-state index in [0.29, 0.717) is 0 Å². The summed E-state index contributed by atoms with van der Waals surface area (Å²) in [6, 6.07) is 9.44. The molecular weight excluding hydrogens is 192 g/mol. The molecule has 0 saturated heterocycles. The first-order valence-electron chi connectivity index (χ1n) is 4.62. The van der Waals surface area contributed by atoms with E-state index in [1.165, 1.54) is 6.08 Å². The molecule has 4 N–H and O–H groups in total. The van der Waals surface area contributed by atoms with Gasteiger partial charge in [-0.1, -0.05) is 30.3 Å². The number of ether oxygens (including phenoxy) is 1. The summed E-state index contributed by atoms with van der Waals surface area (Å²) in [5, 5.41) is 0. The predicted molar refractivity (Wildman–Crippen MR) is 58.6 cm³/mol. The second kappa shape index (κ2) is 5.95. The Hall–Kier alpha value is -1.65. The zero-order valence-electron chi connectivity index (χ0n) is 8.30. The van der Waals surface area contributed by atoms with Crippen LogP contribution in [-0.4, -0.2) is 18.7 Å². The first kappa shape index (κ1) is 11.4. The molecule has 0 aliphatic carbocycles. The third-order valence-corrected chi connectivity index (χ3v) is 1.71. The zero-order valence-corrected chi connectivity index (χ0v) is 8.30. The summed E-state index contributed by atoms with van der Waals surface area (Å²) in [5.41, 5.74) is 11.5. The van der Waals surface area contributed by atoms with Crippen LogP contribution in [0.2, 0.25) is 0 Å². The van der Waals surface area contributed by atoms with Gasteiger partial charge in [-0.05, 0) is 11.6 Å². The lowest BCUT2D eigenvalue weighted by atomic mass is 10.2. The minimum atomic E-state index is -0.738. The highest BCUT2D eigenvalue weighted by Gasteiger charge is 2.03. The van der Waals surface area contributed by atoms with Gasteiger partial charge in [0.2, 0.25) is 0 Å². The van der Waals surface area contributed by atoms with Gasteiger partial charge in [0, 0.05) is 12.6 Å². The highest BCUT2D eigenvalue weighted by atomic mass is 16.6. The van der Waals surface area contributed by atoms with Gasteiger partial charge in [0.1, 0.15) is 0 Å². The van der Waals surface area contributed by atoms with E-state index in [-0.39, 0.29) is 6.54 Å². The monoisotopic (exact) mass is 206 g/mol. The number of esters is 1. The molecule has 1 atom stereocenters. The average Bonchev–Trinajstić information content (AvgIpc) is 2.27. The van der Waals surface area contributed by atoms with Crippen LogP contribution in [0, 0.1) is 0 Å². The van der Waals surface area contributed by atoms with Crippen molar-refractivity contribution in [3.8, 4) is 0 Å². The SMILES string of the molecule is NCC(N)OC(=O)C=Cc1ccccc1. The first-order chi connectivity index (χ1) is 7.22. The number of hydrogen-bond acceptors (Lipinski definition) is 4. The smallest absolute Gasteiger partial charge is 0.332 e. The molecule has 0 amide bonds. The minimum absolute atomic E-state index is 0.116. The van der Waals surface area contributed by atoms with Crippen LogP contribution >= 0.6 is 0 Å². The molecule has 1 unspecified atom stereocenters. The molecule has 1 rings (SSSR count). The van der Waals surface area contributed by atoms with Gasteiger partial charge in [0.25, 0.3) is 0 Å². The summed E-state index contributed by atoms with van der Waals surface area (Å²) in [6.45, 7) is 0.116. The average molecular weight is 206 g/mol. The Morgan fingerprint density at radius 3 is 2.67 bits per heavy atom. The molecule has 1 aromatic rings. The number of carbonyl (C=O) groups is 1. The Kier molecular flexibility index (Phi) is 4.53. The molecule has 0 aromatic heterocycles. The zero-order chi connectivity index (χ0) is 11.1. The molecule has 80 valence electrons. The third kappa shape index (κ3) is 4.39. The number of nitrogens with two attached hydrogens (primary N) is 2. The second-order valence-electron chi connectivity index (χ2n) is 2.96. The minimum Gasteiger partial charge on any atom is -0.442 e. The number of carbonyl (C=O) groups excluding carboxylic acids is 1. The highest BCUT2D eigenvalue weighted by molar-refractivity contribution is 5.87. The molecule has 0 aliphatic heterocycles. The number of hydrogen-bond donors (Lipinski definition) is 2. The van der Waals surface area contributed by atoms with Crippen molar-refractivity contribution in [1.82, 2.24) is 0 Å². The van der Waals surface area contributed by atoms with Gasteiger partial charge in [-0.25, -0.2) is 4.79 Å². The van der Waals surface area contributed by atoms with Gasteiger partial charge >= 0.3 is 5.97 Å². The standard InChI is InChI=1S/C11H14N2O2/c12-8-10(13)15-11(14)7-6-9-4-2-1-3-5-9/h1-7,10H,8,12-13H2. The fourth-order valence-electron chi connectivity index (χ4n) is 0.965. The lowest BCUT2D eigenvalue weighted by Crippen LogP contribution is -2.34. The van der Waals surface area contributed by atoms with E-state index in [4.69, 9.17) is 16.2 Å². The molecule has 1 aromatic carbocycles. The van der Waals surface area contributed by atoms with Crippen LogP contribution in [-0.2, 0) is 9.53 Å². The number of benzene rings is 1. The first-order valence-corrected chi connectivity index (χ1v) is 4.62. The van der Waals surface area contributed by atoms with Crippen molar-refractivity contribution >= 4 is 12.0 Å². The molecule has 15 heavy (non-hydrogen) atoms. The highest BCUT2D eigenvalue weighted by Crippen LogP contribution is 2.01. The Morgan fingerprint density at radius 2 is 2.07 bits per heavy atom. The van der Waals surface area contributed by atoms with Crippen molar-refractivity contribution in [3.05, 3.63) is 42.0 Å². The van der Waals surface area contributed by atoms with E-state index in [1.807, 2.05) is 30.3 Å². The van der Waals surface area contributed by atoms with Crippen molar-refractivity contribution in [2.24, 2.45) is 11.5 Å². The van der Waals surface area contributed by atoms with Gasteiger partial charge in [-0.3, -0.25) is 5.73 Å². The summed E-state index contributed by atoms with van der Waals surface area (Å²) in [4.78, 5) is 11.1. The Balaban J connectivity index is 2.48. The summed E-state index contributed by atoms with van der Waals surface area (Å²) in [5.74, 6) is -0.489. The second-order valence-corrected chi connectivity index (χ2v) is 2.96. The molecule has 0 fully saturated rings. The Labute approximate surface area is 88.5 Å². The lowest BCUT2D eigenvalue weighted by Gasteiger charge is -2.07. The van der Waals surface area contributed by atoms with E-state index in [0.717, 1.165) is 5.56 Å². The Bertz CT molecular complexity index is 336. The maximum absolute atomic E-state index is 11.1. The van der Waals surface area contributed by atoms with Gasteiger partial charge in [-0.15, -0.1) is 0 Å². The fraction of sp³-hybridized carbons (Fsp3) is 0.182. The van der Waals surface area contributed by atoms with Gasteiger partial charge in [-0.2, -0.15) is 0 Å². The molecule has 0 spiro atoms. The van der Waals surface area contributed by atoms with E-state index >= 15 is 0 Å². The van der Waals surface area contributed by atoms with Crippen LogP contribution in [0.4, 0.5) is 0 Å². The number of rotatable bonds is 4. The quantitative estimate of drug-likeness (QED) is 0.427. The topological polar surface area (TPSA) is 78.3 Å². The van der Waals surface area contributed by atoms with Crippen molar-refractivity contribution in [3.63, 3.8) is 0 Å². The van der Waals surface area contributed by atoms with E-state index in [2.05, 4.69) is 0 Å². The normalized spacial score (nSPS) is 12.7. The van der Waals surface area contributed by atoms with Crippen LogP contribution in [0.5, 0.6) is 0 Å². The van der Waals surface area contributed by atoms with Crippen LogP contribution in [0.15, 0.2) is 36.4 Å². The van der Waals surface area contributed by atoms with E-state index in [9.17, 15) is 4.79 Å². The largest absolute Gasteiger partial charge is 0.442 e. The fourth-order valence-corrected chi connectivity index (χ4v) is 0.965. The van der Waals surface area contributed by atoms with Gasteiger partial charge in [0.05, 0.1) is 0 Å². The summed E-state index contributed by atoms with van der Waals surface area (Å²) in [7, 11) is 0. The van der Waals surface area contributed by atoms with Gasteiger partial charge < -0.3 is 10.5 Å². The maximum Gasteiger partial charge on any atom is 0.332 e.